The van der Waals surface area contributed by atoms with Crippen molar-refractivity contribution in [3.8, 4) is 17.0 Å². The molecular weight excluding hydrogens is 688 g/mol. The third-order valence-corrected chi connectivity index (χ3v) is 11.8. The second-order valence-electron chi connectivity index (χ2n) is 14.1. The molecule has 5 heterocycles. The Labute approximate surface area is 305 Å². The van der Waals surface area contributed by atoms with E-state index < -0.39 is 11.9 Å². The molecule has 1 unspecified atom stereocenters. The largest absolute Gasteiger partial charge is 0.488 e. The van der Waals surface area contributed by atoms with Crippen LogP contribution >= 0.6 is 22.9 Å². The number of benzene rings is 1. The Morgan fingerprint density at radius 1 is 1.04 bits per heavy atom. The van der Waals surface area contributed by atoms with E-state index in [1.54, 1.807) is 11.1 Å². The highest BCUT2D eigenvalue weighted by Gasteiger charge is 2.40. The number of hydrogen-bond acceptors (Lipinski definition) is 10. The summed E-state index contributed by atoms with van der Waals surface area (Å²) in [5, 5.41) is 16.5. The fourth-order valence-electron chi connectivity index (χ4n) is 7.43. The summed E-state index contributed by atoms with van der Waals surface area (Å²) in [6.45, 7) is 1.43. The summed E-state index contributed by atoms with van der Waals surface area (Å²) < 4.78 is 8.14. The number of halogens is 1. The van der Waals surface area contributed by atoms with Gasteiger partial charge in [0.1, 0.15) is 18.4 Å². The number of piperidine rings is 1. The van der Waals surface area contributed by atoms with Crippen LogP contribution in [0.3, 0.4) is 0 Å². The molecule has 14 heteroatoms. The van der Waals surface area contributed by atoms with Crippen LogP contribution in [0.25, 0.3) is 11.3 Å². The van der Waals surface area contributed by atoms with Crippen molar-refractivity contribution in [1.29, 1.82) is 0 Å². The molecule has 0 radical (unpaired) electrons. The predicted octanol–water partition coefficient (Wildman–Crippen LogP) is 5.40. The van der Waals surface area contributed by atoms with Gasteiger partial charge in [-0.3, -0.25) is 24.4 Å². The van der Waals surface area contributed by atoms with Crippen LogP contribution in [0.15, 0.2) is 42.0 Å². The van der Waals surface area contributed by atoms with Crippen LogP contribution in [-0.4, -0.2) is 60.5 Å². The first kappa shape index (κ1) is 33.8. The average molecular weight is 729 g/mol. The van der Waals surface area contributed by atoms with Crippen molar-refractivity contribution in [2.24, 2.45) is 13.0 Å². The van der Waals surface area contributed by atoms with Gasteiger partial charge < -0.3 is 20.3 Å². The lowest BCUT2D eigenvalue weighted by Gasteiger charge is -2.30. The van der Waals surface area contributed by atoms with Crippen molar-refractivity contribution in [2.75, 3.05) is 5.32 Å². The van der Waals surface area contributed by atoms with E-state index in [0.29, 0.717) is 48.2 Å². The van der Waals surface area contributed by atoms with E-state index in [1.165, 1.54) is 29.9 Å². The number of nitrogens with zero attached hydrogens (tertiary/aromatic N) is 5. The third-order valence-electron chi connectivity index (χ3n) is 10.6. The number of carbonyl (C=O) groups excluding carboxylic acids is 3. The summed E-state index contributed by atoms with van der Waals surface area (Å²) >= 11 is 8.09. The first-order valence-electron chi connectivity index (χ1n) is 17.8. The first-order chi connectivity index (χ1) is 24.8. The molecule has 1 atom stereocenters. The molecule has 2 aliphatic carbocycles. The van der Waals surface area contributed by atoms with Crippen molar-refractivity contribution in [3.05, 3.63) is 74.3 Å². The highest BCUT2D eigenvalue weighted by Crippen LogP contribution is 2.37. The van der Waals surface area contributed by atoms with E-state index in [1.807, 2.05) is 35.4 Å². The minimum absolute atomic E-state index is 0.161. The van der Waals surface area contributed by atoms with Gasteiger partial charge in [0.25, 0.3) is 5.91 Å². The Morgan fingerprint density at radius 3 is 2.67 bits per heavy atom. The van der Waals surface area contributed by atoms with Crippen molar-refractivity contribution >= 4 is 46.6 Å². The normalized spacial score (nSPS) is 21.9. The van der Waals surface area contributed by atoms with Gasteiger partial charge in [-0.25, -0.2) is 9.97 Å². The fraction of sp³-hybridized carbons (Fsp3) is 0.459. The van der Waals surface area contributed by atoms with E-state index in [4.69, 9.17) is 21.3 Å². The van der Waals surface area contributed by atoms with Gasteiger partial charge in [-0.05, 0) is 75.0 Å². The summed E-state index contributed by atoms with van der Waals surface area (Å²) in [6, 6.07) is 8.18. The van der Waals surface area contributed by atoms with Crippen LogP contribution < -0.4 is 20.7 Å². The molecular formula is C37H41ClN8O4S. The minimum atomic E-state index is -0.620. The standard InChI is InChI=1S/C37H41ClN8O4S/c1-45-31(14-21-5-6-21)26(16-41-45)34-29(38)17-40-37(44-34)42-24-9-7-23(8-10-24)39-15-22-3-2-4-25(13-22)50-19-32-27-18-46(36(49)28(27)20-51-32)30-11-12-33(47)43-35(30)48/h2-4,13,16-17,20-21,23-24,30,39H,5-12,14-15,18-19H2,1H3,(H,40,42,44)(H,43,47,48). The zero-order chi connectivity index (χ0) is 35.1. The first-order valence-corrected chi connectivity index (χ1v) is 19.0. The van der Waals surface area contributed by atoms with Gasteiger partial charge in [-0.15, -0.1) is 11.3 Å². The Morgan fingerprint density at radius 2 is 1.86 bits per heavy atom. The topological polar surface area (TPSA) is 143 Å². The molecule has 4 aromatic rings. The minimum Gasteiger partial charge on any atom is -0.488 e. The summed E-state index contributed by atoms with van der Waals surface area (Å²) in [5.41, 5.74) is 5.58. The Balaban J connectivity index is 0.812. The van der Waals surface area contributed by atoms with Gasteiger partial charge in [0.15, 0.2) is 0 Å². The number of ether oxygens (including phenoxy) is 1. The van der Waals surface area contributed by atoms with Gasteiger partial charge >= 0.3 is 0 Å². The molecule has 3 amide bonds. The smallest absolute Gasteiger partial charge is 0.256 e. The highest BCUT2D eigenvalue weighted by atomic mass is 35.5. The van der Waals surface area contributed by atoms with Crippen molar-refractivity contribution in [1.82, 2.24) is 35.3 Å². The fourth-order valence-corrected chi connectivity index (χ4v) is 8.57. The SMILES string of the molecule is Cn1ncc(-c2nc(NC3CCC(NCc4cccc(OCc5scc6c5CN(C5CCC(=O)NC5=O)C6=O)c4)CC3)ncc2Cl)c1CC1CC1. The number of nitrogens with one attached hydrogen (secondary N) is 3. The number of rotatable bonds is 12. The predicted molar refractivity (Wildman–Crippen MR) is 193 cm³/mol. The van der Waals surface area contributed by atoms with E-state index in [-0.39, 0.29) is 18.2 Å². The summed E-state index contributed by atoms with van der Waals surface area (Å²) in [6.07, 6.45) is 11.8. The Hall–Kier alpha value is -4.33. The highest BCUT2D eigenvalue weighted by molar-refractivity contribution is 7.10. The van der Waals surface area contributed by atoms with Crippen molar-refractivity contribution in [3.63, 3.8) is 0 Å². The van der Waals surface area contributed by atoms with Crippen LogP contribution in [0, 0.1) is 5.92 Å². The summed E-state index contributed by atoms with van der Waals surface area (Å²) in [7, 11) is 1.98. The van der Waals surface area contributed by atoms with Crippen LogP contribution in [0.2, 0.25) is 5.02 Å². The van der Waals surface area contributed by atoms with Crippen molar-refractivity contribution in [2.45, 2.75) is 95.6 Å². The van der Waals surface area contributed by atoms with Crippen LogP contribution in [0.4, 0.5) is 5.95 Å². The maximum atomic E-state index is 13.1. The van der Waals surface area contributed by atoms with Crippen LogP contribution in [0.5, 0.6) is 5.75 Å². The number of imide groups is 1. The van der Waals surface area contributed by atoms with Gasteiger partial charge in [0.05, 0.1) is 28.7 Å². The molecule has 0 spiro atoms. The number of thiophene rings is 1. The zero-order valence-corrected chi connectivity index (χ0v) is 30.1. The molecule has 3 fully saturated rings. The molecule has 4 aliphatic rings. The number of anilines is 1. The number of hydrogen-bond donors (Lipinski definition) is 3. The van der Waals surface area contributed by atoms with E-state index in [0.717, 1.165) is 77.6 Å². The van der Waals surface area contributed by atoms with Gasteiger partial charge in [-0.2, -0.15) is 5.10 Å². The average Bonchev–Trinajstić information content (AvgIpc) is 3.63. The zero-order valence-electron chi connectivity index (χ0n) is 28.5. The Kier molecular flexibility index (Phi) is 9.51. The molecule has 1 saturated heterocycles. The lowest BCUT2D eigenvalue weighted by atomic mass is 9.91. The van der Waals surface area contributed by atoms with Gasteiger partial charge in [-0.1, -0.05) is 23.7 Å². The molecule has 51 heavy (non-hydrogen) atoms. The second kappa shape index (κ2) is 14.4. The number of aryl methyl sites for hydroxylation is 1. The van der Waals surface area contributed by atoms with E-state index in [2.05, 4.69) is 38.2 Å². The molecule has 8 rings (SSSR count). The molecule has 3 aromatic heterocycles. The van der Waals surface area contributed by atoms with Gasteiger partial charge in [0.2, 0.25) is 17.8 Å². The molecule has 1 aromatic carbocycles. The second-order valence-corrected chi connectivity index (χ2v) is 15.5. The molecule has 266 valence electrons. The summed E-state index contributed by atoms with van der Waals surface area (Å²) in [5.74, 6) is 1.25. The van der Waals surface area contributed by atoms with Crippen LogP contribution in [-0.2, 0) is 42.8 Å². The molecule has 12 nitrogen and oxygen atoms in total. The van der Waals surface area contributed by atoms with Crippen LogP contribution in [0.1, 0.15) is 83.4 Å². The van der Waals surface area contributed by atoms with E-state index in [9.17, 15) is 14.4 Å². The molecule has 0 bridgehead atoms. The maximum absolute atomic E-state index is 13.1. The van der Waals surface area contributed by atoms with Gasteiger partial charge in [0, 0.05) is 65.7 Å². The molecule has 2 aliphatic heterocycles. The number of fused-ring (bicyclic) bond motifs is 1. The quantitative estimate of drug-likeness (QED) is 0.164. The molecule has 2 saturated carbocycles. The molecule has 3 N–H and O–H groups in total. The lowest BCUT2D eigenvalue weighted by Crippen LogP contribution is -2.52. The third kappa shape index (κ3) is 7.38. The summed E-state index contributed by atoms with van der Waals surface area (Å²) in [4.78, 5) is 49.0. The number of aromatic nitrogens is 4. The number of carbonyl (C=O) groups is 3. The monoisotopic (exact) mass is 728 g/mol. The van der Waals surface area contributed by atoms with E-state index >= 15 is 0 Å². The number of amides is 3. The lowest BCUT2D eigenvalue weighted by molar-refractivity contribution is -0.136. The maximum Gasteiger partial charge on any atom is 0.256 e. The van der Waals surface area contributed by atoms with Crippen molar-refractivity contribution < 1.29 is 19.1 Å². The Bertz CT molecular complexity index is 1970.